The number of hydrogen-bond acceptors (Lipinski definition) is 4. The number of rotatable bonds is 4. The van der Waals surface area contributed by atoms with Crippen molar-refractivity contribution in [3.63, 3.8) is 0 Å². The van der Waals surface area contributed by atoms with Crippen LogP contribution in [0.5, 0.6) is 0 Å². The van der Waals surface area contributed by atoms with Crippen molar-refractivity contribution in [2.24, 2.45) is 0 Å². The van der Waals surface area contributed by atoms with Crippen LogP contribution in [0, 0.1) is 0 Å². The van der Waals surface area contributed by atoms with E-state index in [1.807, 2.05) is 35.2 Å². The summed E-state index contributed by atoms with van der Waals surface area (Å²) in [6.45, 7) is 2.24. The maximum atomic E-state index is 12.2. The van der Waals surface area contributed by atoms with E-state index in [4.69, 9.17) is 9.84 Å². The van der Waals surface area contributed by atoms with Crippen molar-refractivity contribution in [2.75, 3.05) is 44.8 Å². The van der Waals surface area contributed by atoms with Crippen LogP contribution < -0.4 is 4.90 Å². The second-order valence-corrected chi connectivity index (χ2v) is 4.70. The monoisotopic (exact) mass is 264 g/mol. The number of para-hydroxylation sites is 1. The summed E-state index contributed by atoms with van der Waals surface area (Å²) in [5.41, 5.74) is 0.888. The fraction of sp³-hybridized carbons (Fsp3) is 0.500. The molecule has 0 saturated carbocycles. The predicted octanol–water partition coefficient (Wildman–Crippen LogP) is 0.343. The lowest BCUT2D eigenvalue weighted by Crippen LogP contribution is -2.48. The number of carbonyl (C=O) groups is 1. The van der Waals surface area contributed by atoms with Crippen molar-refractivity contribution in [1.29, 1.82) is 0 Å². The van der Waals surface area contributed by atoms with Gasteiger partial charge in [0.15, 0.2) is 0 Å². The van der Waals surface area contributed by atoms with Crippen LogP contribution in [-0.2, 0) is 9.53 Å². The lowest BCUT2D eigenvalue weighted by Gasteiger charge is -2.32. The molecule has 1 fully saturated rings. The third kappa shape index (κ3) is 3.76. The van der Waals surface area contributed by atoms with Gasteiger partial charge in [-0.3, -0.25) is 9.69 Å². The largest absolute Gasteiger partial charge is 0.394 e. The number of aliphatic hydroxyl groups excluding tert-OH is 1. The first-order chi connectivity index (χ1) is 9.20. The third-order valence-electron chi connectivity index (χ3n) is 3.30. The second-order valence-electron chi connectivity index (χ2n) is 4.70. The SMILES string of the molecule is CN(C(=O)CN1CCOC(CO)C1)c1ccccc1. The lowest BCUT2D eigenvalue weighted by molar-refractivity contribution is -0.122. The number of carbonyl (C=O) groups excluding carboxylic acids is 1. The summed E-state index contributed by atoms with van der Waals surface area (Å²) >= 11 is 0. The van der Waals surface area contributed by atoms with E-state index in [9.17, 15) is 4.79 Å². The Bertz CT molecular complexity index is 410. The Kier molecular flexibility index (Phi) is 4.90. The predicted molar refractivity (Wildman–Crippen MR) is 73.1 cm³/mol. The maximum absolute atomic E-state index is 12.2. The first kappa shape index (κ1) is 14.0. The fourth-order valence-corrected chi connectivity index (χ4v) is 2.13. The number of amides is 1. The first-order valence-corrected chi connectivity index (χ1v) is 6.47. The molecule has 1 unspecified atom stereocenters. The zero-order chi connectivity index (χ0) is 13.7. The van der Waals surface area contributed by atoms with E-state index in [2.05, 4.69) is 0 Å². The van der Waals surface area contributed by atoms with Gasteiger partial charge in [-0.1, -0.05) is 18.2 Å². The highest BCUT2D eigenvalue weighted by atomic mass is 16.5. The van der Waals surface area contributed by atoms with Gasteiger partial charge in [0.1, 0.15) is 0 Å². The molecule has 1 atom stereocenters. The number of aliphatic hydroxyl groups is 1. The standard InChI is InChI=1S/C14H20N2O3/c1-15(12-5-3-2-4-6-12)14(18)10-16-7-8-19-13(9-16)11-17/h2-6,13,17H,7-11H2,1H3. The van der Waals surface area contributed by atoms with E-state index in [1.165, 1.54) is 0 Å². The molecule has 1 heterocycles. The van der Waals surface area contributed by atoms with Crippen molar-refractivity contribution in [3.05, 3.63) is 30.3 Å². The van der Waals surface area contributed by atoms with Crippen LogP contribution in [0.25, 0.3) is 0 Å². The van der Waals surface area contributed by atoms with Crippen LogP contribution in [0.1, 0.15) is 0 Å². The van der Waals surface area contributed by atoms with E-state index in [-0.39, 0.29) is 18.6 Å². The van der Waals surface area contributed by atoms with Gasteiger partial charge in [0, 0.05) is 25.8 Å². The van der Waals surface area contributed by atoms with Crippen LogP contribution in [0.2, 0.25) is 0 Å². The smallest absolute Gasteiger partial charge is 0.240 e. The van der Waals surface area contributed by atoms with Gasteiger partial charge in [-0.05, 0) is 12.1 Å². The van der Waals surface area contributed by atoms with Crippen LogP contribution in [-0.4, -0.2) is 61.9 Å². The molecule has 5 heteroatoms. The van der Waals surface area contributed by atoms with Gasteiger partial charge < -0.3 is 14.7 Å². The van der Waals surface area contributed by atoms with E-state index >= 15 is 0 Å². The van der Waals surface area contributed by atoms with Crippen molar-refractivity contribution in [1.82, 2.24) is 4.90 Å². The molecular weight excluding hydrogens is 244 g/mol. The maximum Gasteiger partial charge on any atom is 0.240 e. The summed E-state index contributed by atoms with van der Waals surface area (Å²) in [7, 11) is 1.78. The van der Waals surface area contributed by atoms with Crippen molar-refractivity contribution < 1.29 is 14.6 Å². The number of benzene rings is 1. The van der Waals surface area contributed by atoms with Crippen LogP contribution >= 0.6 is 0 Å². The van der Waals surface area contributed by atoms with Crippen LogP contribution in [0.4, 0.5) is 5.69 Å². The van der Waals surface area contributed by atoms with Crippen LogP contribution in [0.3, 0.4) is 0 Å². The Labute approximate surface area is 113 Å². The minimum absolute atomic E-state index is 0.000779. The molecule has 104 valence electrons. The molecule has 1 amide bonds. The molecule has 1 aliphatic heterocycles. The number of ether oxygens (including phenoxy) is 1. The van der Waals surface area contributed by atoms with Crippen molar-refractivity contribution >= 4 is 11.6 Å². The molecule has 0 radical (unpaired) electrons. The highest BCUT2D eigenvalue weighted by molar-refractivity contribution is 5.94. The first-order valence-electron chi connectivity index (χ1n) is 6.47. The molecule has 1 aromatic rings. The van der Waals surface area contributed by atoms with Gasteiger partial charge in [-0.15, -0.1) is 0 Å². The van der Waals surface area contributed by atoms with Gasteiger partial charge in [0.2, 0.25) is 5.91 Å². The summed E-state index contributed by atoms with van der Waals surface area (Å²) < 4.78 is 5.37. The average Bonchev–Trinajstić information content (AvgIpc) is 2.47. The van der Waals surface area contributed by atoms with Gasteiger partial charge in [-0.25, -0.2) is 0 Å². The summed E-state index contributed by atoms with van der Waals surface area (Å²) in [5.74, 6) is 0.0461. The zero-order valence-corrected chi connectivity index (χ0v) is 11.2. The molecule has 0 aliphatic carbocycles. The van der Waals surface area contributed by atoms with Crippen molar-refractivity contribution in [3.8, 4) is 0 Å². The Balaban J connectivity index is 1.90. The van der Waals surface area contributed by atoms with Gasteiger partial charge in [0.05, 0.1) is 25.9 Å². The molecule has 2 rings (SSSR count). The minimum atomic E-state index is -0.177. The molecule has 1 N–H and O–H groups in total. The number of anilines is 1. The molecule has 5 nitrogen and oxygen atoms in total. The second kappa shape index (κ2) is 6.65. The van der Waals surface area contributed by atoms with Gasteiger partial charge >= 0.3 is 0 Å². The Hall–Kier alpha value is -1.43. The summed E-state index contributed by atoms with van der Waals surface area (Å²) in [6.07, 6.45) is -0.177. The topological polar surface area (TPSA) is 53.0 Å². The van der Waals surface area contributed by atoms with Gasteiger partial charge in [-0.2, -0.15) is 0 Å². The summed E-state index contributed by atoms with van der Waals surface area (Å²) in [4.78, 5) is 15.9. The third-order valence-corrected chi connectivity index (χ3v) is 3.30. The molecule has 1 aliphatic rings. The quantitative estimate of drug-likeness (QED) is 0.852. The zero-order valence-electron chi connectivity index (χ0n) is 11.2. The fourth-order valence-electron chi connectivity index (χ4n) is 2.13. The molecule has 1 aromatic carbocycles. The Morgan fingerprint density at radius 1 is 1.47 bits per heavy atom. The number of likely N-dealkylation sites (N-methyl/N-ethyl adjacent to an activating group) is 1. The number of hydrogen-bond donors (Lipinski definition) is 1. The Morgan fingerprint density at radius 3 is 2.89 bits per heavy atom. The summed E-state index contributed by atoms with van der Waals surface area (Å²) in [6, 6.07) is 9.57. The van der Waals surface area contributed by atoms with E-state index in [0.717, 1.165) is 12.2 Å². The van der Waals surface area contributed by atoms with E-state index in [0.29, 0.717) is 19.7 Å². The highest BCUT2D eigenvalue weighted by Crippen LogP contribution is 2.12. The van der Waals surface area contributed by atoms with E-state index in [1.54, 1.807) is 11.9 Å². The van der Waals surface area contributed by atoms with Gasteiger partial charge in [0.25, 0.3) is 0 Å². The number of nitrogens with zero attached hydrogens (tertiary/aromatic N) is 2. The van der Waals surface area contributed by atoms with E-state index < -0.39 is 0 Å². The van der Waals surface area contributed by atoms with Crippen LogP contribution in [0.15, 0.2) is 30.3 Å². The molecule has 19 heavy (non-hydrogen) atoms. The lowest BCUT2D eigenvalue weighted by atomic mass is 10.2. The highest BCUT2D eigenvalue weighted by Gasteiger charge is 2.22. The normalized spacial score (nSPS) is 20.2. The molecule has 0 aromatic heterocycles. The molecule has 1 saturated heterocycles. The molecule has 0 bridgehead atoms. The molecular formula is C14H20N2O3. The Morgan fingerprint density at radius 2 is 2.21 bits per heavy atom. The average molecular weight is 264 g/mol. The van der Waals surface area contributed by atoms with Crippen molar-refractivity contribution in [2.45, 2.75) is 6.10 Å². The summed E-state index contributed by atoms with van der Waals surface area (Å²) in [5, 5.41) is 9.08. The molecule has 0 spiro atoms. The minimum Gasteiger partial charge on any atom is -0.394 e. The number of morpholine rings is 1.